The molecule has 1 fully saturated rings. The van der Waals surface area contributed by atoms with Crippen molar-refractivity contribution in [2.75, 3.05) is 33.4 Å². The fourth-order valence-electron chi connectivity index (χ4n) is 3.68. The molecule has 9 heteroatoms. The number of carbonyl (C=O) groups excluding carboxylic acids is 2. The fraction of sp³-hybridized carbons (Fsp3) is 0.650. The number of nitrogens with zero attached hydrogens (tertiary/aromatic N) is 6. The number of rotatable bonds is 6. The largest absolute Gasteiger partial charge is 0.421 e. The number of amidine groups is 1. The van der Waals surface area contributed by atoms with Gasteiger partial charge in [-0.1, -0.05) is 18.8 Å². The molecule has 0 radical (unpaired) electrons. The van der Waals surface area contributed by atoms with Crippen LogP contribution >= 0.6 is 0 Å². The number of carbonyl (C=O) groups is 2. The van der Waals surface area contributed by atoms with Gasteiger partial charge in [-0.15, -0.1) is 9.78 Å². The Balaban J connectivity index is 2.08. The summed E-state index contributed by atoms with van der Waals surface area (Å²) in [6, 6.07) is -1.01. The van der Waals surface area contributed by atoms with E-state index in [1.807, 2.05) is 32.3 Å². The molecule has 0 saturated carbocycles. The van der Waals surface area contributed by atoms with Gasteiger partial charge in [-0.3, -0.25) is 14.6 Å². The summed E-state index contributed by atoms with van der Waals surface area (Å²) in [6.45, 7) is 13.7. The fourth-order valence-corrected chi connectivity index (χ4v) is 3.68. The van der Waals surface area contributed by atoms with Crippen LogP contribution in [0.1, 0.15) is 37.7 Å². The maximum atomic E-state index is 13.3. The number of fused-ring (bicyclic) bond motifs is 1. The minimum absolute atomic E-state index is 0.226. The number of imide groups is 1. The summed E-state index contributed by atoms with van der Waals surface area (Å²) in [5, 5.41) is 4.64. The van der Waals surface area contributed by atoms with Gasteiger partial charge in [-0.05, 0) is 33.6 Å². The van der Waals surface area contributed by atoms with Crippen molar-refractivity contribution in [2.45, 2.75) is 47.6 Å². The summed E-state index contributed by atoms with van der Waals surface area (Å²) >= 11 is 0. The highest BCUT2D eigenvalue weighted by atomic mass is 16.5. The van der Waals surface area contributed by atoms with E-state index >= 15 is 0 Å². The molecule has 3 heterocycles. The third-order valence-corrected chi connectivity index (χ3v) is 5.46. The third-order valence-electron chi connectivity index (χ3n) is 5.46. The Morgan fingerprint density at radius 1 is 1.21 bits per heavy atom. The topological polar surface area (TPSA) is 83.0 Å². The molecule has 158 valence electrons. The molecule has 0 N–H and O–H groups in total. The highest BCUT2D eigenvalue weighted by Gasteiger charge is 2.53. The Morgan fingerprint density at radius 3 is 2.45 bits per heavy atom. The first-order chi connectivity index (χ1) is 13.7. The lowest BCUT2D eigenvalue weighted by molar-refractivity contribution is -0.543. The standard InChI is InChI=1S/C20H31N6O3/c1-8-29-10-9-24-18(27)16-17(23(7)20(24)28)21-19(25(16)11-12(2)3)26-15(6)13(4)14(5)22-26/h12,16H,8-11H2,1-7H3/q+1. The molecule has 3 rings (SSSR count). The SMILES string of the molecule is CCOCCN1C(=O)C2C(=NC(n3nc(C)c(C)c3C)=[N+]2CC(C)C)N(C)C1=O. The van der Waals surface area contributed by atoms with Gasteiger partial charge in [0.1, 0.15) is 5.69 Å². The van der Waals surface area contributed by atoms with E-state index in [9.17, 15) is 9.59 Å². The Labute approximate surface area is 171 Å². The Bertz CT molecular complexity index is 898. The van der Waals surface area contributed by atoms with Gasteiger partial charge in [-0.2, -0.15) is 0 Å². The predicted octanol–water partition coefficient (Wildman–Crippen LogP) is 1.39. The lowest BCUT2D eigenvalue weighted by Gasteiger charge is -2.34. The second kappa shape index (κ2) is 8.06. The van der Waals surface area contributed by atoms with Gasteiger partial charge in [-0.25, -0.2) is 9.37 Å². The quantitative estimate of drug-likeness (QED) is 0.531. The second-order valence-electron chi connectivity index (χ2n) is 7.95. The molecular weight excluding hydrogens is 372 g/mol. The van der Waals surface area contributed by atoms with E-state index in [1.54, 1.807) is 11.7 Å². The minimum Gasteiger partial charge on any atom is -0.380 e. The van der Waals surface area contributed by atoms with Crippen molar-refractivity contribution in [1.82, 2.24) is 19.6 Å². The van der Waals surface area contributed by atoms with Crippen LogP contribution in [0, 0.1) is 26.7 Å². The van der Waals surface area contributed by atoms with E-state index < -0.39 is 6.04 Å². The Hall–Kier alpha value is -2.55. The van der Waals surface area contributed by atoms with Crippen LogP contribution in [0.4, 0.5) is 4.79 Å². The van der Waals surface area contributed by atoms with E-state index in [2.05, 4.69) is 18.9 Å². The van der Waals surface area contributed by atoms with Gasteiger partial charge < -0.3 is 4.74 Å². The zero-order valence-corrected chi connectivity index (χ0v) is 18.4. The van der Waals surface area contributed by atoms with E-state index in [1.165, 1.54) is 9.80 Å². The highest BCUT2D eigenvalue weighted by molar-refractivity contribution is 6.23. The van der Waals surface area contributed by atoms with Crippen LogP contribution in [-0.4, -0.2) is 87.3 Å². The van der Waals surface area contributed by atoms with Gasteiger partial charge in [0.25, 0.3) is 5.91 Å². The van der Waals surface area contributed by atoms with Gasteiger partial charge >= 0.3 is 12.0 Å². The summed E-state index contributed by atoms with van der Waals surface area (Å²) in [7, 11) is 1.66. The lowest BCUT2D eigenvalue weighted by atomic mass is 10.1. The van der Waals surface area contributed by atoms with Crippen LogP contribution in [0.5, 0.6) is 0 Å². The van der Waals surface area contributed by atoms with Crippen molar-refractivity contribution in [3.05, 3.63) is 17.0 Å². The van der Waals surface area contributed by atoms with Crippen molar-refractivity contribution >= 4 is 23.7 Å². The molecule has 3 amide bonds. The summed E-state index contributed by atoms with van der Waals surface area (Å²) < 4.78 is 9.12. The molecule has 9 nitrogen and oxygen atoms in total. The third kappa shape index (κ3) is 3.59. The van der Waals surface area contributed by atoms with Gasteiger partial charge in [0.15, 0.2) is 0 Å². The normalized spacial score (nSPS) is 19.6. The van der Waals surface area contributed by atoms with Crippen LogP contribution < -0.4 is 0 Å². The predicted molar refractivity (Wildman–Crippen MR) is 109 cm³/mol. The number of hydrogen-bond donors (Lipinski definition) is 0. The van der Waals surface area contributed by atoms with E-state index in [4.69, 9.17) is 9.73 Å². The molecule has 2 aliphatic heterocycles. The molecule has 1 atom stereocenters. The monoisotopic (exact) mass is 403 g/mol. The molecule has 1 unspecified atom stereocenters. The van der Waals surface area contributed by atoms with Crippen molar-refractivity contribution in [2.24, 2.45) is 10.9 Å². The van der Waals surface area contributed by atoms with E-state index in [0.29, 0.717) is 37.5 Å². The number of aliphatic imine (C=N–C) groups is 1. The average Bonchev–Trinajstić information content (AvgIpc) is 3.15. The van der Waals surface area contributed by atoms with Crippen LogP contribution in [0.3, 0.4) is 0 Å². The summed E-state index contributed by atoms with van der Waals surface area (Å²) in [5.41, 5.74) is 2.98. The van der Waals surface area contributed by atoms with Gasteiger partial charge in [0, 0.05) is 19.2 Å². The molecule has 2 aliphatic rings. The smallest absolute Gasteiger partial charge is 0.380 e. The molecule has 0 aromatic carbocycles. The number of aromatic nitrogens is 2. The minimum atomic E-state index is -0.638. The molecule has 0 spiro atoms. The van der Waals surface area contributed by atoms with Crippen molar-refractivity contribution in [3.8, 4) is 0 Å². The maximum Gasteiger partial charge on any atom is 0.421 e. The molecule has 1 aromatic rings. The Morgan fingerprint density at radius 2 is 1.90 bits per heavy atom. The van der Waals surface area contributed by atoms with Crippen LogP contribution in [-0.2, 0) is 9.53 Å². The number of aryl methyl sites for hydroxylation is 1. The van der Waals surface area contributed by atoms with Crippen molar-refractivity contribution < 1.29 is 18.9 Å². The molecule has 1 aromatic heterocycles. The van der Waals surface area contributed by atoms with Crippen molar-refractivity contribution in [1.29, 1.82) is 0 Å². The molecule has 0 bridgehead atoms. The number of likely N-dealkylation sites (N-methyl/N-ethyl adjacent to an activating group) is 1. The Kier molecular flexibility index (Phi) is 5.88. The molecular formula is C20H31N6O3+. The van der Waals surface area contributed by atoms with Crippen LogP contribution in [0.25, 0.3) is 0 Å². The number of ether oxygens (including phenoxy) is 1. The molecule has 0 aliphatic carbocycles. The van der Waals surface area contributed by atoms with Crippen LogP contribution in [0.15, 0.2) is 4.99 Å². The average molecular weight is 404 g/mol. The lowest BCUT2D eigenvalue weighted by Crippen LogP contribution is -2.63. The second-order valence-corrected chi connectivity index (χ2v) is 7.95. The van der Waals surface area contributed by atoms with Gasteiger partial charge in [0.2, 0.25) is 11.9 Å². The first kappa shape index (κ1) is 21.2. The summed E-state index contributed by atoms with van der Waals surface area (Å²) in [4.78, 5) is 33.6. The van der Waals surface area contributed by atoms with E-state index in [0.717, 1.165) is 17.0 Å². The number of urea groups is 1. The summed E-state index contributed by atoms with van der Waals surface area (Å²) in [6.07, 6.45) is 0. The highest BCUT2D eigenvalue weighted by Crippen LogP contribution is 2.22. The van der Waals surface area contributed by atoms with E-state index in [-0.39, 0.29) is 18.5 Å². The zero-order chi connectivity index (χ0) is 21.5. The molecule has 29 heavy (non-hydrogen) atoms. The van der Waals surface area contributed by atoms with Gasteiger partial charge in [0.05, 0.1) is 25.4 Å². The zero-order valence-electron chi connectivity index (χ0n) is 18.4. The first-order valence-corrected chi connectivity index (χ1v) is 10.1. The summed E-state index contributed by atoms with van der Waals surface area (Å²) in [5.74, 6) is 1.08. The van der Waals surface area contributed by atoms with Crippen molar-refractivity contribution in [3.63, 3.8) is 0 Å². The number of hydrogen-bond acceptors (Lipinski definition) is 5. The number of amides is 3. The first-order valence-electron chi connectivity index (χ1n) is 10.1. The maximum absolute atomic E-state index is 13.3. The van der Waals surface area contributed by atoms with Crippen LogP contribution in [0.2, 0.25) is 0 Å². The molecule has 1 saturated heterocycles.